The second-order valence-corrected chi connectivity index (χ2v) is 5.65. The van der Waals surface area contributed by atoms with E-state index in [4.69, 9.17) is 9.47 Å². The fourth-order valence-corrected chi connectivity index (χ4v) is 2.90. The van der Waals surface area contributed by atoms with E-state index in [0.29, 0.717) is 5.56 Å². The minimum atomic E-state index is -0.295. The first-order valence-corrected chi connectivity index (χ1v) is 7.57. The van der Waals surface area contributed by atoms with Gasteiger partial charge < -0.3 is 9.47 Å². The van der Waals surface area contributed by atoms with Crippen LogP contribution in [0.3, 0.4) is 0 Å². The molecule has 0 atom stereocenters. The van der Waals surface area contributed by atoms with Gasteiger partial charge in [-0.1, -0.05) is 23.8 Å². The molecule has 0 heterocycles. The number of aryl methyl sites for hydroxylation is 1. The second kappa shape index (κ2) is 7.18. The molecule has 0 spiro atoms. The number of hydrogen-bond donors (Lipinski definition) is 0. The molecule has 110 valence electrons. The third kappa shape index (κ3) is 4.02. The number of benzene rings is 2. The number of esters is 1. The van der Waals surface area contributed by atoms with Crippen LogP contribution in [0.25, 0.3) is 0 Å². The average Bonchev–Trinajstić information content (AvgIpc) is 2.53. The van der Waals surface area contributed by atoms with Crippen LogP contribution in [-0.2, 0) is 10.5 Å². The third-order valence-corrected chi connectivity index (χ3v) is 4.24. The molecular weight excluding hydrogens is 284 g/mol. The average molecular weight is 302 g/mol. The molecule has 0 saturated heterocycles. The summed E-state index contributed by atoms with van der Waals surface area (Å²) in [6, 6.07) is 13.8. The maximum Gasteiger partial charge on any atom is 0.339 e. The molecule has 0 aliphatic rings. The lowest BCUT2D eigenvalue weighted by Crippen LogP contribution is -2.03. The van der Waals surface area contributed by atoms with E-state index in [0.717, 1.165) is 22.0 Å². The van der Waals surface area contributed by atoms with Crippen molar-refractivity contribution in [2.24, 2.45) is 0 Å². The van der Waals surface area contributed by atoms with Gasteiger partial charge >= 0.3 is 5.97 Å². The van der Waals surface area contributed by atoms with Crippen LogP contribution in [0.4, 0.5) is 0 Å². The van der Waals surface area contributed by atoms with Crippen molar-refractivity contribution in [2.75, 3.05) is 14.2 Å². The summed E-state index contributed by atoms with van der Waals surface area (Å²) in [6.45, 7) is 1.96. The van der Waals surface area contributed by atoms with Gasteiger partial charge in [0.05, 0.1) is 19.8 Å². The van der Waals surface area contributed by atoms with Gasteiger partial charge in [0.15, 0.2) is 0 Å². The van der Waals surface area contributed by atoms with Crippen LogP contribution < -0.4 is 4.74 Å². The Morgan fingerprint density at radius 1 is 1.10 bits per heavy atom. The SMILES string of the molecule is COC(=O)c1cc(C)ccc1SCc1ccc(OC)cc1. The molecule has 0 fully saturated rings. The lowest BCUT2D eigenvalue weighted by Gasteiger charge is -2.09. The van der Waals surface area contributed by atoms with E-state index in [2.05, 4.69) is 0 Å². The van der Waals surface area contributed by atoms with E-state index >= 15 is 0 Å². The van der Waals surface area contributed by atoms with Gasteiger partial charge in [-0.3, -0.25) is 0 Å². The molecule has 0 aliphatic carbocycles. The number of rotatable bonds is 5. The van der Waals surface area contributed by atoms with Crippen molar-refractivity contribution in [2.45, 2.75) is 17.6 Å². The zero-order valence-electron chi connectivity index (χ0n) is 12.4. The molecule has 2 rings (SSSR count). The minimum Gasteiger partial charge on any atom is -0.497 e. The highest BCUT2D eigenvalue weighted by atomic mass is 32.2. The Morgan fingerprint density at radius 3 is 2.43 bits per heavy atom. The quantitative estimate of drug-likeness (QED) is 0.616. The van der Waals surface area contributed by atoms with Gasteiger partial charge in [-0.15, -0.1) is 11.8 Å². The van der Waals surface area contributed by atoms with Crippen molar-refractivity contribution in [1.82, 2.24) is 0 Å². The van der Waals surface area contributed by atoms with Crippen LogP contribution in [0, 0.1) is 6.92 Å². The monoisotopic (exact) mass is 302 g/mol. The van der Waals surface area contributed by atoms with Gasteiger partial charge in [-0.25, -0.2) is 4.79 Å². The summed E-state index contributed by atoms with van der Waals surface area (Å²) in [6.07, 6.45) is 0. The van der Waals surface area contributed by atoms with E-state index in [1.807, 2.05) is 49.4 Å². The van der Waals surface area contributed by atoms with Crippen LogP contribution in [0.15, 0.2) is 47.4 Å². The number of hydrogen-bond acceptors (Lipinski definition) is 4. The molecule has 0 unspecified atom stereocenters. The summed E-state index contributed by atoms with van der Waals surface area (Å²) in [5.41, 5.74) is 2.84. The Morgan fingerprint density at radius 2 is 1.81 bits per heavy atom. The first kappa shape index (κ1) is 15.4. The Kier molecular flexibility index (Phi) is 5.28. The second-order valence-electron chi connectivity index (χ2n) is 4.63. The highest BCUT2D eigenvalue weighted by molar-refractivity contribution is 7.98. The van der Waals surface area contributed by atoms with E-state index in [1.54, 1.807) is 18.9 Å². The maximum absolute atomic E-state index is 11.8. The van der Waals surface area contributed by atoms with E-state index in [-0.39, 0.29) is 5.97 Å². The fraction of sp³-hybridized carbons (Fsp3) is 0.235. The van der Waals surface area contributed by atoms with Crippen molar-refractivity contribution >= 4 is 17.7 Å². The van der Waals surface area contributed by atoms with E-state index < -0.39 is 0 Å². The predicted molar refractivity (Wildman–Crippen MR) is 85.1 cm³/mol. The van der Waals surface area contributed by atoms with Gasteiger partial charge in [-0.2, -0.15) is 0 Å². The van der Waals surface area contributed by atoms with Gasteiger partial charge in [0.25, 0.3) is 0 Å². The topological polar surface area (TPSA) is 35.5 Å². The molecule has 2 aromatic rings. The molecule has 4 heteroatoms. The first-order chi connectivity index (χ1) is 10.1. The number of methoxy groups -OCH3 is 2. The Balaban J connectivity index is 2.13. The van der Waals surface area contributed by atoms with Crippen LogP contribution in [-0.4, -0.2) is 20.2 Å². The highest BCUT2D eigenvalue weighted by Gasteiger charge is 2.12. The van der Waals surface area contributed by atoms with Crippen LogP contribution in [0.5, 0.6) is 5.75 Å². The molecule has 0 N–H and O–H groups in total. The zero-order chi connectivity index (χ0) is 15.2. The van der Waals surface area contributed by atoms with Crippen LogP contribution >= 0.6 is 11.8 Å². The Labute approximate surface area is 129 Å². The minimum absolute atomic E-state index is 0.295. The summed E-state index contributed by atoms with van der Waals surface area (Å²) < 4.78 is 9.99. The molecule has 2 aromatic carbocycles. The van der Waals surface area contributed by atoms with Crippen molar-refractivity contribution < 1.29 is 14.3 Å². The van der Waals surface area contributed by atoms with Crippen molar-refractivity contribution in [3.05, 3.63) is 59.2 Å². The fourth-order valence-electron chi connectivity index (χ4n) is 1.92. The van der Waals surface area contributed by atoms with Crippen molar-refractivity contribution in [1.29, 1.82) is 0 Å². The molecule has 0 aromatic heterocycles. The number of thioether (sulfide) groups is 1. The predicted octanol–water partition coefficient (Wildman–Crippen LogP) is 4.08. The van der Waals surface area contributed by atoms with Gasteiger partial charge in [0, 0.05) is 10.6 Å². The molecular formula is C17H18O3S. The van der Waals surface area contributed by atoms with Crippen molar-refractivity contribution in [3.63, 3.8) is 0 Å². The Hall–Kier alpha value is -1.94. The van der Waals surface area contributed by atoms with Gasteiger partial charge in [0.1, 0.15) is 5.75 Å². The highest BCUT2D eigenvalue weighted by Crippen LogP contribution is 2.28. The molecule has 21 heavy (non-hydrogen) atoms. The largest absolute Gasteiger partial charge is 0.497 e. The third-order valence-electron chi connectivity index (χ3n) is 3.09. The van der Waals surface area contributed by atoms with E-state index in [1.165, 1.54) is 12.7 Å². The lowest BCUT2D eigenvalue weighted by molar-refractivity contribution is 0.0596. The molecule has 0 radical (unpaired) electrons. The summed E-state index contributed by atoms with van der Waals surface area (Å²) in [5, 5.41) is 0. The van der Waals surface area contributed by atoms with Crippen molar-refractivity contribution in [3.8, 4) is 5.75 Å². The van der Waals surface area contributed by atoms with Crippen LogP contribution in [0.2, 0.25) is 0 Å². The van der Waals surface area contributed by atoms with Gasteiger partial charge in [-0.05, 0) is 36.8 Å². The summed E-state index contributed by atoms with van der Waals surface area (Å²) in [4.78, 5) is 12.8. The Bertz CT molecular complexity index is 620. The molecule has 3 nitrogen and oxygen atoms in total. The molecule has 0 bridgehead atoms. The summed E-state index contributed by atoms with van der Waals surface area (Å²) >= 11 is 1.62. The zero-order valence-corrected chi connectivity index (χ0v) is 13.2. The first-order valence-electron chi connectivity index (χ1n) is 6.58. The lowest BCUT2D eigenvalue weighted by atomic mass is 10.1. The van der Waals surface area contributed by atoms with E-state index in [9.17, 15) is 4.79 Å². The maximum atomic E-state index is 11.8. The molecule has 0 amide bonds. The number of ether oxygens (including phenoxy) is 2. The smallest absolute Gasteiger partial charge is 0.339 e. The van der Waals surface area contributed by atoms with Gasteiger partial charge in [0.2, 0.25) is 0 Å². The van der Waals surface area contributed by atoms with Crippen LogP contribution in [0.1, 0.15) is 21.5 Å². The summed E-state index contributed by atoms with van der Waals surface area (Å²) in [5.74, 6) is 1.34. The molecule has 0 aliphatic heterocycles. The summed E-state index contributed by atoms with van der Waals surface area (Å²) in [7, 11) is 3.06. The number of carbonyl (C=O) groups excluding carboxylic acids is 1. The standard InChI is InChI=1S/C17H18O3S/c1-12-4-9-16(15(10-12)17(18)20-3)21-11-13-5-7-14(19-2)8-6-13/h4-10H,11H2,1-3H3. The normalized spacial score (nSPS) is 10.2. The number of carbonyl (C=O) groups is 1. The molecule has 0 saturated carbocycles.